The van der Waals surface area contributed by atoms with Crippen LogP contribution in [0.1, 0.15) is 30.4 Å². The van der Waals surface area contributed by atoms with Gasteiger partial charge in [0.1, 0.15) is 5.82 Å². The van der Waals surface area contributed by atoms with E-state index in [9.17, 15) is 4.39 Å². The van der Waals surface area contributed by atoms with E-state index < -0.39 is 0 Å². The third-order valence-corrected chi connectivity index (χ3v) is 3.93. The fourth-order valence-corrected chi connectivity index (χ4v) is 2.73. The summed E-state index contributed by atoms with van der Waals surface area (Å²) in [5.74, 6) is 0.395. The first-order valence-corrected chi connectivity index (χ1v) is 5.99. The molecule has 82 valence electrons. The van der Waals surface area contributed by atoms with Gasteiger partial charge in [0, 0.05) is 5.38 Å². The van der Waals surface area contributed by atoms with E-state index in [1.165, 1.54) is 24.5 Å². The highest BCUT2D eigenvalue weighted by Gasteiger charge is 2.25. The molecule has 1 fully saturated rings. The third-order valence-electron chi connectivity index (χ3n) is 3.36. The van der Waals surface area contributed by atoms with Crippen molar-refractivity contribution in [3.05, 3.63) is 35.1 Å². The summed E-state index contributed by atoms with van der Waals surface area (Å²) in [6, 6.07) is 5.02. The second-order valence-electron chi connectivity index (χ2n) is 4.48. The van der Waals surface area contributed by atoms with Crippen molar-refractivity contribution in [3.63, 3.8) is 0 Å². The minimum Gasteiger partial charge on any atom is -0.207 e. The molecule has 0 aliphatic heterocycles. The number of rotatable bonds is 2. The number of halogens is 2. The van der Waals surface area contributed by atoms with Crippen molar-refractivity contribution in [2.75, 3.05) is 0 Å². The molecular weight excluding hydrogens is 211 g/mol. The maximum Gasteiger partial charge on any atom is 0.123 e. The van der Waals surface area contributed by atoms with Gasteiger partial charge >= 0.3 is 0 Å². The molecule has 2 atom stereocenters. The van der Waals surface area contributed by atoms with Gasteiger partial charge in [-0.2, -0.15) is 0 Å². The van der Waals surface area contributed by atoms with Crippen LogP contribution in [0.5, 0.6) is 0 Å². The molecule has 0 N–H and O–H groups in total. The second kappa shape index (κ2) is 4.52. The zero-order valence-electron chi connectivity index (χ0n) is 8.97. The Balaban J connectivity index is 2.12. The molecule has 0 amide bonds. The lowest BCUT2D eigenvalue weighted by Crippen LogP contribution is -2.11. The van der Waals surface area contributed by atoms with Gasteiger partial charge in [0.25, 0.3) is 0 Å². The lowest BCUT2D eigenvalue weighted by Gasteiger charge is -2.15. The molecular formula is C13H16ClF. The van der Waals surface area contributed by atoms with Gasteiger partial charge in [-0.15, -0.1) is 11.6 Å². The van der Waals surface area contributed by atoms with E-state index in [0.717, 1.165) is 18.4 Å². The van der Waals surface area contributed by atoms with Crippen molar-refractivity contribution in [3.8, 4) is 0 Å². The van der Waals surface area contributed by atoms with Crippen molar-refractivity contribution < 1.29 is 4.39 Å². The first-order valence-electron chi connectivity index (χ1n) is 5.56. The van der Waals surface area contributed by atoms with Crippen molar-refractivity contribution in [2.45, 2.75) is 38.0 Å². The summed E-state index contributed by atoms with van der Waals surface area (Å²) in [7, 11) is 0. The summed E-state index contributed by atoms with van der Waals surface area (Å²) in [5.41, 5.74) is 2.29. The summed E-state index contributed by atoms with van der Waals surface area (Å²) in [4.78, 5) is 0. The maximum absolute atomic E-state index is 13.1. The molecule has 2 heteroatoms. The molecule has 0 nitrogen and oxygen atoms in total. The SMILES string of the molecule is Cc1ccc(F)cc1CC1CCCC1Cl. The lowest BCUT2D eigenvalue weighted by molar-refractivity contribution is 0.547. The van der Waals surface area contributed by atoms with E-state index in [-0.39, 0.29) is 11.2 Å². The minimum absolute atomic E-state index is 0.139. The zero-order chi connectivity index (χ0) is 10.8. The Bertz CT molecular complexity index is 348. The molecule has 1 aromatic rings. The average molecular weight is 227 g/mol. The largest absolute Gasteiger partial charge is 0.207 e. The van der Waals surface area contributed by atoms with E-state index in [0.29, 0.717) is 5.92 Å². The molecule has 1 aromatic carbocycles. The Labute approximate surface area is 95.4 Å². The molecule has 0 saturated heterocycles. The van der Waals surface area contributed by atoms with Crippen LogP contribution in [0.4, 0.5) is 4.39 Å². The Morgan fingerprint density at radius 1 is 1.40 bits per heavy atom. The summed E-state index contributed by atoms with van der Waals surface area (Å²) < 4.78 is 13.1. The molecule has 2 rings (SSSR count). The fraction of sp³-hybridized carbons (Fsp3) is 0.538. The first kappa shape index (κ1) is 10.9. The Hall–Kier alpha value is -0.560. The zero-order valence-corrected chi connectivity index (χ0v) is 9.73. The Morgan fingerprint density at radius 3 is 2.87 bits per heavy atom. The maximum atomic E-state index is 13.1. The van der Waals surface area contributed by atoms with Crippen molar-refractivity contribution >= 4 is 11.6 Å². The highest BCUT2D eigenvalue weighted by atomic mass is 35.5. The lowest BCUT2D eigenvalue weighted by atomic mass is 9.95. The van der Waals surface area contributed by atoms with Crippen LogP contribution in [0.3, 0.4) is 0 Å². The average Bonchev–Trinajstić information content (AvgIpc) is 2.58. The summed E-state index contributed by atoms with van der Waals surface area (Å²) >= 11 is 6.23. The first-order chi connectivity index (χ1) is 7.16. The molecule has 0 aromatic heterocycles. The fourth-order valence-electron chi connectivity index (χ4n) is 2.36. The molecule has 1 saturated carbocycles. The van der Waals surface area contributed by atoms with E-state index in [1.54, 1.807) is 6.07 Å². The van der Waals surface area contributed by atoms with E-state index in [2.05, 4.69) is 0 Å². The predicted molar refractivity (Wildman–Crippen MR) is 61.8 cm³/mol. The minimum atomic E-state index is -0.139. The summed E-state index contributed by atoms with van der Waals surface area (Å²) in [6.45, 7) is 2.03. The summed E-state index contributed by atoms with van der Waals surface area (Å²) in [6.07, 6.45) is 4.44. The van der Waals surface area contributed by atoms with Gasteiger partial charge in [-0.25, -0.2) is 4.39 Å². The molecule has 0 heterocycles. The van der Waals surface area contributed by atoms with Gasteiger partial charge in [0.05, 0.1) is 0 Å². The second-order valence-corrected chi connectivity index (χ2v) is 5.04. The van der Waals surface area contributed by atoms with Crippen molar-refractivity contribution in [2.24, 2.45) is 5.92 Å². The van der Waals surface area contributed by atoms with Gasteiger partial charge in [0.15, 0.2) is 0 Å². The number of alkyl halides is 1. The van der Waals surface area contributed by atoms with Crippen LogP contribution in [-0.2, 0) is 6.42 Å². The molecule has 0 spiro atoms. The standard InChI is InChI=1S/C13H16ClF/c1-9-5-6-12(15)8-11(9)7-10-3-2-4-13(10)14/h5-6,8,10,13H,2-4,7H2,1H3. The van der Waals surface area contributed by atoms with Crippen LogP contribution in [0.15, 0.2) is 18.2 Å². The Morgan fingerprint density at radius 2 is 2.20 bits per heavy atom. The van der Waals surface area contributed by atoms with Gasteiger partial charge in [-0.05, 0) is 55.4 Å². The van der Waals surface area contributed by atoms with Gasteiger partial charge in [-0.1, -0.05) is 12.5 Å². The third kappa shape index (κ3) is 2.52. The smallest absolute Gasteiger partial charge is 0.123 e. The number of hydrogen-bond acceptors (Lipinski definition) is 0. The molecule has 1 aliphatic rings. The highest BCUT2D eigenvalue weighted by Crippen LogP contribution is 2.33. The van der Waals surface area contributed by atoms with Gasteiger partial charge in [-0.3, -0.25) is 0 Å². The van der Waals surface area contributed by atoms with Crippen molar-refractivity contribution in [1.82, 2.24) is 0 Å². The summed E-state index contributed by atoms with van der Waals surface area (Å²) in [5, 5.41) is 0.285. The van der Waals surface area contributed by atoms with Crippen LogP contribution in [0, 0.1) is 18.7 Å². The van der Waals surface area contributed by atoms with Crippen LogP contribution in [0.2, 0.25) is 0 Å². The normalized spacial score (nSPS) is 25.8. The Kier molecular flexibility index (Phi) is 3.30. The van der Waals surface area contributed by atoms with Crippen LogP contribution in [0.25, 0.3) is 0 Å². The van der Waals surface area contributed by atoms with Crippen LogP contribution < -0.4 is 0 Å². The predicted octanol–water partition coefficient (Wildman–Crippen LogP) is 4.08. The van der Waals surface area contributed by atoms with E-state index >= 15 is 0 Å². The molecule has 2 unspecified atom stereocenters. The molecule has 1 aliphatic carbocycles. The molecule has 15 heavy (non-hydrogen) atoms. The number of aryl methyl sites for hydroxylation is 1. The highest BCUT2D eigenvalue weighted by molar-refractivity contribution is 6.20. The molecule has 0 bridgehead atoms. The van der Waals surface area contributed by atoms with Crippen molar-refractivity contribution in [1.29, 1.82) is 0 Å². The van der Waals surface area contributed by atoms with Crippen LogP contribution in [-0.4, -0.2) is 5.38 Å². The topological polar surface area (TPSA) is 0 Å². The molecule has 0 radical (unpaired) electrons. The monoisotopic (exact) mass is 226 g/mol. The van der Waals surface area contributed by atoms with Gasteiger partial charge < -0.3 is 0 Å². The number of hydrogen-bond donors (Lipinski definition) is 0. The van der Waals surface area contributed by atoms with E-state index in [4.69, 9.17) is 11.6 Å². The van der Waals surface area contributed by atoms with Crippen LogP contribution >= 0.6 is 11.6 Å². The van der Waals surface area contributed by atoms with E-state index in [1.807, 2.05) is 13.0 Å². The number of benzene rings is 1. The quantitative estimate of drug-likeness (QED) is 0.667. The van der Waals surface area contributed by atoms with Gasteiger partial charge in [0.2, 0.25) is 0 Å².